The van der Waals surface area contributed by atoms with Crippen LogP contribution in [-0.2, 0) is 4.57 Å². The van der Waals surface area contributed by atoms with E-state index in [0.29, 0.717) is 0 Å². The monoisotopic (exact) mass is 412 g/mol. The maximum atomic E-state index is 8.88. The minimum absolute atomic E-state index is 0.960. The molecule has 0 fully saturated rings. The molecule has 0 amide bonds. The Balaban J connectivity index is 0. The Kier molecular flexibility index (Phi) is 21.0. The van der Waals surface area contributed by atoms with E-state index < -0.39 is 7.82 Å². The van der Waals surface area contributed by atoms with Crippen LogP contribution in [0.5, 0.6) is 0 Å². The zero-order valence-corrected chi connectivity index (χ0v) is 20.0. The molecular weight excluding hydrogens is 378 g/mol. The molecule has 0 radical (unpaired) electrons. The molecule has 4 nitrogen and oxygen atoms in total. The standard InChI is InChI=1S/C14H29.In.H3O4P.2H/c1-3-5-7-9-11-13-14-12-10-8-6-4-2;;1-5(2,3)4;;/h1,3-14H2,2H3;;(H3,1,2,3,4);;. The molecule has 6 heteroatoms. The summed E-state index contributed by atoms with van der Waals surface area (Å²) < 4.78 is 10.5. The fraction of sp³-hybridized carbons (Fsp3) is 1.00. The van der Waals surface area contributed by atoms with Crippen molar-refractivity contribution in [3.05, 3.63) is 0 Å². The van der Waals surface area contributed by atoms with Crippen LogP contribution in [0.2, 0.25) is 4.18 Å². The van der Waals surface area contributed by atoms with E-state index in [0.717, 1.165) is 24.4 Å². The molecular formula is C14H34InO4P. The van der Waals surface area contributed by atoms with Gasteiger partial charge in [0.05, 0.1) is 0 Å². The number of unbranched alkanes of at least 4 members (excludes halogenated alkanes) is 11. The first-order valence-electron chi connectivity index (χ1n) is 8.20. The second-order valence-corrected chi connectivity index (χ2v) is 9.28. The first kappa shape index (κ1) is 23.2. The van der Waals surface area contributed by atoms with Crippen molar-refractivity contribution in [1.29, 1.82) is 0 Å². The molecule has 0 saturated heterocycles. The predicted octanol–water partition coefficient (Wildman–Crippen LogP) is 3.81. The fourth-order valence-corrected chi connectivity index (χ4v) is 3.52. The number of hydrogen-bond donors (Lipinski definition) is 3. The predicted molar refractivity (Wildman–Crippen MR) is 88.7 cm³/mol. The van der Waals surface area contributed by atoms with Crippen molar-refractivity contribution in [2.45, 2.75) is 88.2 Å². The van der Waals surface area contributed by atoms with Crippen LogP contribution in [-0.4, -0.2) is 39.1 Å². The second-order valence-electron chi connectivity index (χ2n) is 5.40. The van der Waals surface area contributed by atoms with Gasteiger partial charge in [0.15, 0.2) is 0 Å². The molecule has 3 N–H and O–H groups in total. The molecule has 0 aliphatic carbocycles. The third-order valence-corrected chi connectivity index (χ3v) is 5.23. The van der Waals surface area contributed by atoms with E-state index in [9.17, 15) is 0 Å². The van der Waals surface area contributed by atoms with Crippen molar-refractivity contribution in [2.75, 3.05) is 0 Å². The van der Waals surface area contributed by atoms with Crippen molar-refractivity contribution in [2.24, 2.45) is 0 Å². The zero-order chi connectivity index (χ0) is 15.7. The van der Waals surface area contributed by atoms with Crippen LogP contribution in [0.4, 0.5) is 0 Å². The van der Waals surface area contributed by atoms with Gasteiger partial charge in [0, 0.05) is 0 Å². The third kappa shape index (κ3) is 36.4. The molecule has 0 heterocycles. The van der Waals surface area contributed by atoms with E-state index in [2.05, 4.69) is 6.92 Å². The SMILES string of the molecule is CCCCCCCCCCCCC[CH2][InH2].O=P(O)(O)O. The van der Waals surface area contributed by atoms with E-state index in [-0.39, 0.29) is 0 Å². The minimum atomic E-state index is -4.64. The van der Waals surface area contributed by atoms with Crippen molar-refractivity contribution in [1.82, 2.24) is 0 Å². The van der Waals surface area contributed by atoms with E-state index in [1.807, 2.05) is 0 Å². The zero-order valence-electron chi connectivity index (χ0n) is 13.4. The van der Waals surface area contributed by atoms with E-state index in [4.69, 9.17) is 19.2 Å². The molecule has 0 bridgehead atoms. The quantitative estimate of drug-likeness (QED) is 0.337. The van der Waals surface area contributed by atoms with Gasteiger partial charge in [0.1, 0.15) is 0 Å². The Bertz CT molecular complexity index is 201. The smallest absolute Gasteiger partial charge is 0.303 e. The molecule has 0 atom stereocenters. The number of rotatable bonds is 12. The van der Waals surface area contributed by atoms with Crippen molar-refractivity contribution >= 4 is 32.2 Å². The van der Waals surface area contributed by atoms with Gasteiger partial charge >= 0.3 is 107 Å². The first-order valence-corrected chi connectivity index (χ1v) is 13.8. The van der Waals surface area contributed by atoms with Crippen LogP contribution in [0.3, 0.4) is 0 Å². The van der Waals surface area contributed by atoms with Gasteiger partial charge in [0.2, 0.25) is 0 Å². The molecule has 0 aliphatic heterocycles. The molecule has 0 unspecified atom stereocenters. The minimum Gasteiger partial charge on any atom is -0.303 e. The topological polar surface area (TPSA) is 77.8 Å². The van der Waals surface area contributed by atoms with E-state index in [1.165, 1.54) is 77.0 Å². The third-order valence-electron chi connectivity index (χ3n) is 3.21. The number of hydrogen-bond acceptors (Lipinski definition) is 1. The Labute approximate surface area is 139 Å². The van der Waals surface area contributed by atoms with Gasteiger partial charge in [-0.2, -0.15) is 0 Å². The molecule has 0 aromatic rings. The fourth-order valence-electron chi connectivity index (χ4n) is 2.09. The largest absolute Gasteiger partial charge is 0.466 e. The van der Waals surface area contributed by atoms with Gasteiger partial charge in [-0.3, -0.25) is 0 Å². The summed E-state index contributed by atoms with van der Waals surface area (Å²) in [4.78, 5) is 21.6. The van der Waals surface area contributed by atoms with Crippen molar-refractivity contribution in [3.8, 4) is 0 Å². The van der Waals surface area contributed by atoms with Gasteiger partial charge in [-0.15, -0.1) is 0 Å². The summed E-state index contributed by atoms with van der Waals surface area (Å²) in [5.41, 5.74) is 0. The van der Waals surface area contributed by atoms with Crippen molar-refractivity contribution in [3.63, 3.8) is 0 Å². The molecule has 122 valence electrons. The Morgan fingerprint density at radius 1 is 0.700 bits per heavy atom. The van der Waals surface area contributed by atoms with Crippen LogP contribution in [0.15, 0.2) is 0 Å². The van der Waals surface area contributed by atoms with Gasteiger partial charge in [-0.1, -0.05) is 13.3 Å². The molecule has 0 aromatic carbocycles. The van der Waals surface area contributed by atoms with Crippen LogP contribution in [0, 0.1) is 0 Å². The summed E-state index contributed by atoms with van der Waals surface area (Å²) in [6, 6.07) is 0. The summed E-state index contributed by atoms with van der Waals surface area (Å²) in [6.07, 6.45) is 17.8. The molecule has 0 saturated carbocycles. The Hall–Kier alpha value is 0.980. The average Bonchev–Trinajstić information content (AvgIpc) is 2.34. The Morgan fingerprint density at radius 3 is 1.20 bits per heavy atom. The van der Waals surface area contributed by atoms with Gasteiger partial charge in [-0.05, 0) is 0 Å². The van der Waals surface area contributed by atoms with Crippen LogP contribution >= 0.6 is 7.82 Å². The average molecular weight is 412 g/mol. The number of phosphoric acid groups is 1. The van der Waals surface area contributed by atoms with E-state index in [1.54, 1.807) is 4.18 Å². The molecule has 0 aromatic heterocycles. The summed E-state index contributed by atoms with van der Waals surface area (Å²) >= 11 is 0.960. The normalized spacial score (nSPS) is 11.0. The summed E-state index contributed by atoms with van der Waals surface area (Å²) in [7, 11) is -4.64. The van der Waals surface area contributed by atoms with Gasteiger partial charge in [0.25, 0.3) is 0 Å². The summed E-state index contributed by atoms with van der Waals surface area (Å²) in [5.74, 6) is 0. The van der Waals surface area contributed by atoms with Crippen molar-refractivity contribution < 1.29 is 19.2 Å². The van der Waals surface area contributed by atoms with Crippen LogP contribution < -0.4 is 0 Å². The Morgan fingerprint density at radius 2 is 0.950 bits per heavy atom. The molecule has 20 heavy (non-hydrogen) atoms. The summed E-state index contributed by atoms with van der Waals surface area (Å²) in [5, 5.41) is 0. The van der Waals surface area contributed by atoms with E-state index >= 15 is 0 Å². The van der Waals surface area contributed by atoms with Gasteiger partial charge < -0.3 is 14.7 Å². The molecule has 0 aliphatic rings. The second kappa shape index (κ2) is 18.0. The molecule has 0 rings (SSSR count). The summed E-state index contributed by atoms with van der Waals surface area (Å²) in [6.45, 7) is 2.29. The maximum Gasteiger partial charge on any atom is 0.466 e. The van der Waals surface area contributed by atoms with Crippen LogP contribution in [0.25, 0.3) is 0 Å². The maximum absolute atomic E-state index is 8.88. The first-order chi connectivity index (χ1) is 9.41. The van der Waals surface area contributed by atoms with Gasteiger partial charge in [-0.25, -0.2) is 4.57 Å². The van der Waals surface area contributed by atoms with Crippen LogP contribution in [0.1, 0.15) is 84.0 Å². The molecule has 0 spiro atoms.